The Hall–Kier alpha value is -0.0800. The van der Waals surface area contributed by atoms with E-state index in [1.54, 1.807) is 0 Å². The van der Waals surface area contributed by atoms with Crippen molar-refractivity contribution in [3.63, 3.8) is 0 Å². The molecule has 0 aromatic heterocycles. The molecule has 2 rings (SSSR count). The van der Waals surface area contributed by atoms with Crippen LogP contribution >= 0.6 is 0 Å². The minimum absolute atomic E-state index is 0.590. The maximum Gasteiger partial charge on any atom is 0.0619 e. The van der Waals surface area contributed by atoms with E-state index in [1.807, 2.05) is 0 Å². The molecule has 0 bridgehead atoms. The van der Waals surface area contributed by atoms with Gasteiger partial charge in [0.25, 0.3) is 0 Å². The summed E-state index contributed by atoms with van der Waals surface area (Å²) < 4.78 is 5.44. The van der Waals surface area contributed by atoms with Crippen LogP contribution in [0.3, 0.4) is 0 Å². The van der Waals surface area contributed by atoms with Gasteiger partial charge < -0.3 is 10.1 Å². The lowest BCUT2D eigenvalue weighted by atomic mass is 9.68. The van der Waals surface area contributed by atoms with Gasteiger partial charge in [0, 0.05) is 18.7 Å². The van der Waals surface area contributed by atoms with Gasteiger partial charge in [-0.05, 0) is 31.1 Å². The molecule has 0 aromatic carbocycles. The Bertz CT molecular complexity index is 165. The van der Waals surface area contributed by atoms with E-state index in [1.165, 1.54) is 25.7 Å². The highest BCUT2D eigenvalue weighted by Crippen LogP contribution is 2.40. The number of nitrogens with one attached hydrogen (secondary N) is 1. The Morgan fingerprint density at radius 2 is 2.00 bits per heavy atom. The van der Waals surface area contributed by atoms with Gasteiger partial charge in [0.15, 0.2) is 0 Å². The third kappa shape index (κ3) is 2.44. The quantitative estimate of drug-likeness (QED) is 0.706. The molecular weight excluding hydrogens is 162 g/mol. The highest BCUT2D eigenvalue weighted by atomic mass is 16.5. The minimum atomic E-state index is 0.590. The minimum Gasteiger partial charge on any atom is -0.380 e. The van der Waals surface area contributed by atoms with Gasteiger partial charge in [0.05, 0.1) is 6.61 Å². The Balaban J connectivity index is 1.68. The first-order valence-electron chi connectivity index (χ1n) is 5.49. The zero-order valence-electron chi connectivity index (χ0n) is 8.81. The number of hydrogen-bond donors (Lipinski definition) is 1. The summed E-state index contributed by atoms with van der Waals surface area (Å²) in [7, 11) is 0. The van der Waals surface area contributed by atoms with Crippen molar-refractivity contribution in [2.75, 3.05) is 13.2 Å². The standard InChI is InChI=1S/C11H21NO/c1-11(2)6-10(7-11)12-9-4-3-5-13-8-9/h9-10,12H,3-8H2,1-2H3. The lowest BCUT2D eigenvalue weighted by molar-refractivity contribution is 0.0438. The first-order chi connectivity index (χ1) is 6.16. The van der Waals surface area contributed by atoms with Crippen molar-refractivity contribution in [2.45, 2.75) is 51.6 Å². The van der Waals surface area contributed by atoms with Crippen LogP contribution in [0.15, 0.2) is 0 Å². The smallest absolute Gasteiger partial charge is 0.0619 e. The second-order valence-electron chi connectivity index (χ2n) is 5.35. The fraction of sp³-hybridized carbons (Fsp3) is 1.00. The summed E-state index contributed by atoms with van der Waals surface area (Å²) in [4.78, 5) is 0. The summed E-state index contributed by atoms with van der Waals surface area (Å²) in [6.07, 6.45) is 5.21. The van der Waals surface area contributed by atoms with Crippen molar-refractivity contribution in [1.82, 2.24) is 5.32 Å². The SMILES string of the molecule is CC1(C)CC(NC2CCCOC2)C1. The monoisotopic (exact) mass is 183 g/mol. The molecule has 1 aliphatic carbocycles. The van der Waals surface area contributed by atoms with Crippen molar-refractivity contribution < 1.29 is 4.74 Å². The lowest BCUT2D eigenvalue weighted by Gasteiger charge is -2.45. The predicted molar refractivity (Wildman–Crippen MR) is 53.8 cm³/mol. The molecular formula is C11H21NO. The van der Waals surface area contributed by atoms with Gasteiger partial charge in [-0.1, -0.05) is 13.8 Å². The Kier molecular flexibility index (Phi) is 2.61. The van der Waals surface area contributed by atoms with Crippen LogP contribution in [0.5, 0.6) is 0 Å². The van der Waals surface area contributed by atoms with Crippen molar-refractivity contribution in [1.29, 1.82) is 0 Å². The number of hydrogen-bond acceptors (Lipinski definition) is 2. The maximum absolute atomic E-state index is 5.44. The molecule has 0 aromatic rings. The largest absolute Gasteiger partial charge is 0.380 e. The second-order valence-corrected chi connectivity index (χ2v) is 5.35. The molecule has 2 fully saturated rings. The Morgan fingerprint density at radius 3 is 2.54 bits per heavy atom. The van der Waals surface area contributed by atoms with E-state index in [0.717, 1.165) is 19.3 Å². The molecule has 0 spiro atoms. The van der Waals surface area contributed by atoms with Crippen LogP contribution < -0.4 is 5.32 Å². The van der Waals surface area contributed by atoms with Gasteiger partial charge in [-0.25, -0.2) is 0 Å². The van der Waals surface area contributed by atoms with Crippen molar-refractivity contribution in [2.24, 2.45) is 5.41 Å². The van der Waals surface area contributed by atoms with Crippen molar-refractivity contribution in [3.05, 3.63) is 0 Å². The molecule has 1 saturated carbocycles. The average Bonchev–Trinajstić information content (AvgIpc) is 2.03. The highest BCUT2D eigenvalue weighted by molar-refractivity contribution is 4.93. The summed E-state index contributed by atoms with van der Waals surface area (Å²) in [5, 5.41) is 3.69. The molecule has 1 heterocycles. The van der Waals surface area contributed by atoms with Gasteiger partial charge in [-0.3, -0.25) is 0 Å². The molecule has 76 valence electrons. The number of rotatable bonds is 2. The summed E-state index contributed by atoms with van der Waals surface area (Å²) in [5.74, 6) is 0. The number of ether oxygens (including phenoxy) is 1. The summed E-state index contributed by atoms with van der Waals surface area (Å²) in [6.45, 7) is 6.59. The maximum atomic E-state index is 5.44. The normalized spacial score (nSPS) is 34.2. The zero-order chi connectivity index (χ0) is 9.31. The molecule has 1 aliphatic heterocycles. The Labute approximate surface area is 81.0 Å². The van der Waals surface area contributed by atoms with Gasteiger partial charge >= 0.3 is 0 Å². The summed E-state index contributed by atoms with van der Waals surface area (Å²) in [6, 6.07) is 1.40. The summed E-state index contributed by atoms with van der Waals surface area (Å²) >= 11 is 0. The van der Waals surface area contributed by atoms with Crippen LogP contribution in [0.1, 0.15) is 39.5 Å². The third-order valence-electron chi connectivity index (χ3n) is 3.23. The van der Waals surface area contributed by atoms with Crippen LogP contribution in [0.4, 0.5) is 0 Å². The lowest BCUT2D eigenvalue weighted by Crippen LogP contribution is -2.51. The van der Waals surface area contributed by atoms with Crippen molar-refractivity contribution >= 4 is 0 Å². The molecule has 2 heteroatoms. The molecule has 1 unspecified atom stereocenters. The molecule has 1 saturated heterocycles. The van der Waals surface area contributed by atoms with E-state index < -0.39 is 0 Å². The fourth-order valence-electron chi connectivity index (χ4n) is 2.60. The van der Waals surface area contributed by atoms with Crippen LogP contribution in [-0.2, 0) is 4.74 Å². The molecule has 0 radical (unpaired) electrons. The first kappa shape index (κ1) is 9.47. The van der Waals surface area contributed by atoms with Gasteiger partial charge in [-0.2, -0.15) is 0 Å². The molecule has 1 N–H and O–H groups in total. The van der Waals surface area contributed by atoms with E-state index in [4.69, 9.17) is 4.74 Å². The highest BCUT2D eigenvalue weighted by Gasteiger charge is 2.36. The molecule has 0 amide bonds. The van der Waals surface area contributed by atoms with E-state index >= 15 is 0 Å². The summed E-state index contributed by atoms with van der Waals surface area (Å²) in [5.41, 5.74) is 0.590. The molecule has 13 heavy (non-hydrogen) atoms. The van der Waals surface area contributed by atoms with E-state index in [2.05, 4.69) is 19.2 Å². The molecule has 2 nitrogen and oxygen atoms in total. The third-order valence-corrected chi connectivity index (χ3v) is 3.23. The van der Waals surface area contributed by atoms with E-state index in [-0.39, 0.29) is 0 Å². The topological polar surface area (TPSA) is 21.3 Å². The Morgan fingerprint density at radius 1 is 1.23 bits per heavy atom. The van der Waals surface area contributed by atoms with Gasteiger partial charge in [-0.15, -0.1) is 0 Å². The van der Waals surface area contributed by atoms with Crippen LogP contribution in [-0.4, -0.2) is 25.3 Å². The zero-order valence-corrected chi connectivity index (χ0v) is 8.81. The second kappa shape index (κ2) is 3.58. The van der Waals surface area contributed by atoms with Crippen molar-refractivity contribution in [3.8, 4) is 0 Å². The van der Waals surface area contributed by atoms with Crippen LogP contribution in [0, 0.1) is 5.41 Å². The molecule has 2 aliphatic rings. The van der Waals surface area contributed by atoms with Crippen LogP contribution in [0.2, 0.25) is 0 Å². The average molecular weight is 183 g/mol. The van der Waals surface area contributed by atoms with E-state index in [0.29, 0.717) is 11.5 Å². The fourth-order valence-corrected chi connectivity index (χ4v) is 2.60. The first-order valence-corrected chi connectivity index (χ1v) is 5.49. The van der Waals surface area contributed by atoms with Gasteiger partial charge in [0.1, 0.15) is 0 Å². The predicted octanol–water partition coefficient (Wildman–Crippen LogP) is 1.94. The van der Waals surface area contributed by atoms with Gasteiger partial charge in [0.2, 0.25) is 0 Å². The van der Waals surface area contributed by atoms with E-state index in [9.17, 15) is 0 Å². The van der Waals surface area contributed by atoms with Crippen LogP contribution in [0.25, 0.3) is 0 Å². The molecule has 1 atom stereocenters.